The van der Waals surface area contributed by atoms with Crippen molar-refractivity contribution in [2.24, 2.45) is 0 Å². The molecule has 1 fully saturated rings. The smallest absolute Gasteiger partial charge is 0.221 e. The van der Waals surface area contributed by atoms with Gasteiger partial charge in [0.2, 0.25) is 5.91 Å². The maximum atomic E-state index is 13.4. The number of amides is 1. The molecule has 1 aromatic carbocycles. The summed E-state index contributed by atoms with van der Waals surface area (Å²) in [7, 11) is -1.38. The van der Waals surface area contributed by atoms with Crippen molar-refractivity contribution >= 4 is 15.7 Å². The maximum Gasteiger partial charge on any atom is 0.221 e. The predicted molar refractivity (Wildman–Crippen MR) is 108 cm³/mol. The molecule has 0 aromatic heterocycles. The van der Waals surface area contributed by atoms with Crippen molar-refractivity contribution in [3.05, 3.63) is 29.8 Å². The summed E-state index contributed by atoms with van der Waals surface area (Å²) in [4.78, 5) is 14.5. The van der Waals surface area contributed by atoms with E-state index in [1.165, 1.54) is 12.1 Å². The van der Waals surface area contributed by atoms with Crippen LogP contribution in [-0.2, 0) is 25.8 Å². The molecule has 0 unspecified atom stereocenters. The van der Waals surface area contributed by atoms with Gasteiger partial charge in [0.25, 0.3) is 0 Å². The van der Waals surface area contributed by atoms with Crippen molar-refractivity contribution in [2.75, 3.05) is 26.5 Å². The third-order valence-electron chi connectivity index (χ3n) is 5.17. The molecule has 1 aliphatic heterocycles. The van der Waals surface area contributed by atoms with Crippen molar-refractivity contribution in [1.29, 1.82) is 0 Å². The SMILES string of the molecule is C[C@@H]1C[C@H](N(C)CCC(=O)N[C@H](CF)Cc2ccc(S(C)(=O)=O)cc2)C[C@H](O)O1. The largest absolute Gasteiger partial charge is 0.368 e. The third kappa shape index (κ3) is 7.65. The molecule has 1 heterocycles. The molecule has 1 amide bonds. The number of carbonyl (C=O) groups is 1. The second-order valence-corrected chi connectivity index (χ2v) is 9.81. The van der Waals surface area contributed by atoms with Crippen LogP contribution in [-0.4, -0.2) is 75.3 Å². The fraction of sp³-hybridized carbons (Fsp3) is 0.650. The number of rotatable bonds is 9. The van der Waals surface area contributed by atoms with E-state index in [4.69, 9.17) is 4.74 Å². The summed E-state index contributed by atoms with van der Waals surface area (Å²) in [5.41, 5.74) is 0.752. The minimum atomic E-state index is -3.28. The molecular weight excluding hydrogens is 399 g/mol. The van der Waals surface area contributed by atoms with Gasteiger partial charge in [-0.25, -0.2) is 12.8 Å². The Morgan fingerprint density at radius 2 is 2.00 bits per heavy atom. The number of ether oxygens (including phenoxy) is 1. The lowest BCUT2D eigenvalue weighted by Crippen LogP contribution is -2.45. The summed E-state index contributed by atoms with van der Waals surface area (Å²) in [5, 5.41) is 12.4. The van der Waals surface area contributed by atoms with Crippen LogP contribution in [0.5, 0.6) is 0 Å². The second-order valence-electron chi connectivity index (χ2n) is 7.80. The first-order chi connectivity index (χ1) is 13.6. The molecular formula is C20H31FN2O5S. The zero-order chi connectivity index (χ0) is 21.6. The first-order valence-electron chi connectivity index (χ1n) is 9.76. The molecule has 1 saturated heterocycles. The number of carbonyl (C=O) groups excluding carboxylic acids is 1. The van der Waals surface area contributed by atoms with E-state index in [-0.39, 0.29) is 35.8 Å². The molecule has 2 rings (SSSR count). The van der Waals surface area contributed by atoms with Crippen molar-refractivity contribution in [1.82, 2.24) is 10.2 Å². The van der Waals surface area contributed by atoms with E-state index in [0.717, 1.165) is 18.2 Å². The van der Waals surface area contributed by atoms with Crippen LogP contribution in [0.3, 0.4) is 0 Å². The average Bonchev–Trinajstić information content (AvgIpc) is 2.64. The zero-order valence-electron chi connectivity index (χ0n) is 17.2. The first kappa shape index (κ1) is 23.7. The predicted octanol–water partition coefficient (Wildman–Crippen LogP) is 1.29. The van der Waals surface area contributed by atoms with Gasteiger partial charge >= 0.3 is 0 Å². The van der Waals surface area contributed by atoms with Crippen molar-refractivity contribution in [2.45, 2.75) is 62.0 Å². The Morgan fingerprint density at radius 3 is 2.55 bits per heavy atom. The van der Waals surface area contributed by atoms with Crippen molar-refractivity contribution in [3.63, 3.8) is 0 Å². The number of nitrogens with zero attached hydrogens (tertiary/aromatic N) is 1. The number of hydrogen-bond donors (Lipinski definition) is 2. The summed E-state index contributed by atoms with van der Waals surface area (Å²) in [6.07, 6.45) is 2.10. The van der Waals surface area contributed by atoms with Gasteiger partial charge in [-0.2, -0.15) is 0 Å². The standard InChI is InChI=1S/C20H31FN2O5S/c1-14-10-17(12-20(25)28-14)23(2)9-8-19(24)22-16(13-21)11-15-4-6-18(7-5-15)29(3,26)27/h4-7,14,16-17,20,25H,8-13H2,1-3H3,(H,22,24)/t14-,16+,17+,20-/m1/s1. The lowest BCUT2D eigenvalue weighted by molar-refractivity contribution is -0.173. The van der Waals surface area contributed by atoms with E-state index < -0.39 is 28.8 Å². The van der Waals surface area contributed by atoms with Gasteiger partial charge in [-0.3, -0.25) is 4.79 Å². The third-order valence-corrected chi connectivity index (χ3v) is 6.30. The average molecular weight is 431 g/mol. The topological polar surface area (TPSA) is 95.9 Å². The van der Waals surface area contributed by atoms with E-state index in [9.17, 15) is 22.7 Å². The molecule has 0 radical (unpaired) electrons. The molecule has 164 valence electrons. The lowest BCUT2D eigenvalue weighted by Gasteiger charge is -2.36. The van der Waals surface area contributed by atoms with Gasteiger partial charge in [-0.15, -0.1) is 0 Å². The molecule has 0 aliphatic carbocycles. The molecule has 1 aliphatic rings. The Kier molecular flexibility index (Phi) is 8.57. The van der Waals surface area contributed by atoms with E-state index in [1.54, 1.807) is 12.1 Å². The molecule has 4 atom stereocenters. The van der Waals surface area contributed by atoms with Gasteiger partial charge in [0.15, 0.2) is 16.1 Å². The van der Waals surface area contributed by atoms with E-state index >= 15 is 0 Å². The number of nitrogens with one attached hydrogen (secondary N) is 1. The molecule has 2 N–H and O–H groups in total. The van der Waals surface area contributed by atoms with Gasteiger partial charge in [0.1, 0.15) is 6.67 Å². The van der Waals surface area contributed by atoms with Gasteiger partial charge in [0, 0.05) is 31.7 Å². The molecule has 9 heteroatoms. The Hall–Kier alpha value is -1.55. The van der Waals surface area contributed by atoms with Crippen LogP contribution in [0.1, 0.15) is 31.7 Å². The normalized spacial score (nSPS) is 23.7. The van der Waals surface area contributed by atoms with Crippen LogP contribution in [0.4, 0.5) is 4.39 Å². The molecule has 0 saturated carbocycles. The number of hydrogen-bond acceptors (Lipinski definition) is 6. The van der Waals surface area contributed by atoms with Crippen LogP contribution >= 0.6 is 0 Å². The minimum absolute atomic E-state index is 0.0370. The summed E-state index contributed by atoms with van der Waals surface area (Å²) in [5.74, 6) is -0.243. The van der Waals surface area contributed by atoms with Gasteiger partial charge in [-0.1, -0.05) is 12.1 Å². The molecule has 0 bridgehead atoms. The zero-order valence-corrected chi connectivity index (χ0v) is 18.0. The highest BCUT2D eigenvalue weighted by molar-refractivity contribution is 7.90. The summed E-state index contributed by atoms with van der Waals surface area (Å²) < 4.78 is 41.7. The molecule has 7 nitrogen and oxygen atoms in total. The van der Waals surface area contributed by atoms with Crippen LogP contribution in [0.25, 0.3) is 0 Å². The Morgan fingerprint density at radius 1 is 1.34 bits per heavy atom. The maximum absolute atomic E-state index is 13.4. The molecule has 1 aromatic rings. The first-order valence-corrected chi connectivity index (χ1v) is 11.7. The van der Waals surface area contributed by atoms with Gasteiger partial charge in [-0.05, 0) is 44.5 Å². The summed E-state index contributed by atoms with van der Waals surface area (Å²) in [6.45, 7) is 1.70. The van der Waals surface area contributed by atoms with Crippen LogP contribution in [0, 0.1) is 0 Å². The highest BCUT2D eigenvalue weighted by Gasteiger charge is 2.28. The lowest BCUT2D eigenvalue weighted by atomic mass is 10.0. The molecule has 29 heavy (non-hydrogen) atoms. The highest BCUT2D eigenvalue weighted by Crippen LogP contribution is 2.21. The van der Waals surface area contributed by atoms with Gasteiger partial charge in [0.05, 0.1) is 17.0 Å². The van der Waals surface area contributed by atoms with Crippen LogP contribution < -0.4 is 5.32 Å². The number of sulfone groups is 1. The van der Waals surface area contributed by atoms with E-state index in [2.05, 4.69) is 5.32 Å². The van der Waals surface area contributed by atoms with Crippen LogP contribution in [0.2, 0.25) is 0 Å². The summed E-state index contributed by atoms with van der Waals surface area (Å²) >= 11 is 0. The quantitative estimate of drug-likeness (QED) is 0.613. The molecule has 0 spiro atoms. The monoisotopic (exact) mass is 430 g/mol. The van der Waals surface area contributed by atoms with Crippen molar-refractivity contribution in [3.8, 4) is 0 Å². The fourth-order valence-corrected chi connectivity index (χ4v) is 4.14. The van der Waals surface area contributed by atoms with Crippen molar-refractivity contribution < 1.29 is 27.4 Å². The number of aliphatic hydroxyl groups excluding tert-OH is 1. The van der Waals surface area contributed by atoms with Gasteiger partial charge < -0.3 is 20.1 Å². The minimum Gasteiger partial charge on any atom is -0.368 e. The Balaban J connectivity index is 1.81. The number of alkyl halides is 1. The number of halogens is 1. The van der Waals surface area contributed by atoms with E-state index in [1.807, 2.05) is 18.9 Å². The van der Waals surface area contributed by atoms with Crippen LogP contribution in [0.15, 0.2) is 29.2 Å². The van der Waals surface area contributed by atoms with E-state index in [0.29, 0.717) is 13.0 Å². The highest BCUT2D eigenvalue weighted by atomic mass is 32.2. The second kappa shape index (κ2) is 10.5. The number of benzene rings is 1. The fourth-order valence-electron chi connectivity index (χ4n) is 3.51. The number of aliphatic hydroxyl groups is 1. The summed E-state index contributed by atoms with van der Waals surface area (Å²) in [6, 6.07) is 5.71. The Labute approximate surface area is 172 Å². The Bertz CT molecular complexity index is 762.